The highest BCUT2D eigenvalue weighted by atomic mass is 17.2. The number of hydrogen-bond acceptors (Lipinski definition) is 4. The number of rotatable bonds is 12. The summed E-state index contributed by atoms with van der Waals surface area (Å²) in [7, 11) is 0. The first-order chi connectivity index (χ1) is 14.5. The first-order valence-corrected chi connectivity index (χ1v) is 11.8. The van der Waals surface area contributed by atoms with E-state index in [0.717, 1.165) is 19.3 Å². The number of hydrogen-bond donors (Lipinski definition) is 0. The van der Waals surface area contributed by atoms with Gasteiger partial charge in [-0.25, -0.2) is 9.78 Å². The molecule has 0 spiro atoms. The fourth-order valence-electron chi connectivity index (χ4n) is 4.70. The Bertz CT molecular complexity index is 686. The lowest BCUT2D eigenvalue weighted by molar-refractivity contribution is -0.428. The molecule has 1 aromatic rings. The predicted molar refractivity (Wildman–Crippen MR) is 120 cm³/mol. The Balaban J connectivity index is 1.17. The molecule has 0 saturated carbocycles. The van der Waals surface area contributed by atoms with Gasteiger partial charge in [-0.2, -0.15) is 0 Å². The molecule has 30 heavy (non-hydrogen) atoms. The Morgan fingerprint density at radius 1 is 0.967 bits per heavy atom. The van der Waals surface area contributed by atoms with Crippen molar-refractivity contribution in [2.45, 2.75) is 108 Å². The van der Waals surface area contributed by atoms with E-state index in [9.17, 15) is 4.79 Å². The van der Waals surface area contributed by atoms with E-state index < -0.39 is 5.60 Å². The van der Waals surface area contributed by atoms with Crippen LogP contribution in [-0.4, -0.2) is 23.3 Å². The van der Waals surface area contributed by atoms with Crippen molar-refractivity contribution in [1.82, 2.24) is 0 Å². The van der Waals surface area contributed by atoms with Gasteiger partial charge in [0.2, 0.25) is 0 Å². The van der Waals surface area contributed by atoms with Crippen LogP contribution in [-0.2, 0) is 19.3 Å². The first kappa shape index (κ1) is 23.0. The predicted octanol–water partition coefficient (Wildman–Crippen LogP) is 6.79. The molecule has 0 bridgehead atoms. The molecule has 0 aromatic heterocycles. The summed E-state index contributed by atoms with van der Waals surface area (Å²) in [5.74, 6) is -0.178. The summed E-state index contributed by atoms with van der Waals surface area (Å²) >= 11 is 0. The van der Waals surface area contributed by atoms with Crippen molar-refractivity contribution in [1.29, 1.82) is 0 Å². The van der Waals surface area contributed by atoms with Gasteiger partial charge in [0.15, 0.2) is 0 Å². The van der Waals surface area contributed by atoms with Crippen LogP contribution in [0.4, 0.5) is 0 Å². The van der Waals surface area contributed by atoms with Crippen LogP contribution in [0.15, 0.2) is 36.4 Å². The fourth-order valence-corrected chi connectivity index (χ4v) is 4.70. The lowest BCUT2D eigenvalue weighted by Crippen LogP contribution is -2.51. The lowest BCUT2D eigenvalue weighted by Gasteiger charge is -2.43. The maximum Gasteiger partial charge on any atom is 0.309 e. The summed E-state index contributed by atoms with van der Waals surface area (Å²) < 4.78 is 5.53. The molecule has 4 nitrogen and oxygen atoms in total. The van der Waals surface area contributed by atoms with Crippen molar-refractivity contribution in [2.24, 2.45) is 0 Å². The summed E-state index contributed by atoms with van der Waals surface area (Å²) in [5, 5.41) is 0. The molecule has 3 unspecified atom stereocenters. The van der Waals surface area contributed by atoms with E-state index in [1.807, 2.05) is 6.92 Å². The van der Waals surface area contributed by atoms with Crippen molar-refractivity contribution in [3.05, 3.63) is 42.0 Å². The molecule has 0 radical (unpaired) electrons. The number of allylic oxidation sites excluding steroid dienone is 1. The van der Waals surface area contributed by atoms with Crippen molar-refractivity contribution in [2.75, 3.05) is 0 Å². The van der Waals surface area contributed by atoms with E-state index >= 15 is 0 Å². The maximum atomic E-state index is 11.6. The van der Waals surface area contributed by atoms with Gasteiger partial charge < -0.3 is 4.74 Å². The first-order valence-electron chi connectivity index (χ1n) is 11.8. The van der Waals surface area contributed by atoms with Crippen molar-refractivity contribution in [3.63, 3.8) is 0 Å². The van der Waals surface area contributed by atoms with Gasteiger partial charge in [0.05, 0.1) is 6.42 Å². The highest BCUT2D eigenvalue weighted by molar-refractivity contribution is 5.73. The molecule has 3 atom stereocenters. The summed E-state index contributed by atoms with van der Waals surface area (Å²) in [5.41, 5.74) is 0.401. The Morgan fingerprint density at radius 2 is 1.63 bits per heavy atom. The Labute approximate surface area is 181 Å². The monoisotopic (exact) mass is 414 g/mol. The minimum Gasteiger partial charge on any atom is -0.456 e. The minimum absolute atomic E-state index is 0.178. The van der Waals surface area contributed by atoms with Gasteiger partial charge in [-0.3, -0.25) is 4.79 Å². The third-order valence-electron chi connectivity index (χ3n) is 6.41. The number of carbonyl (C=O) groups is 1. The van der Waals surface area contributed by atoms with Crippen LogP contribution in [0.5, 0.6) is 0 Å². The molecule has 0 N–H and O–H groups in total. The maximum absolute atomic E-state index is 11.6. The van der Waals surface area contributed by atoms with Crippen LogP contribution in [0.25, 0.3) is 6.08 Å². The van der Waals surface area contributed by atoms with Gasteiger partial charge in [-0.1, -0.05) is 87.4 Å². The zero-order valence-corrected chi connectivity index (χ0v) is 18.7. The summed E-state index contributed by atoms with van der Waals surface area (Å²) in [6.45, 7) is 4.05. The number of carbonyl (C=O) groups excluding carboxylic acids is 1. The average molecular weight is 415 g/mol. The van der Waals surface area contributed by atoms with Gasteiger partial charge in [0, 0.05) is 6.42 Å². The summed E-state index contributed by atoms with van der Waals surface area (Å²) in [6.07, 6.45) is 17.6. The van der Waals surface area contributed by atoms with Crippen LogP contribution in [0.2, 0.25) is 0 Å². The number of ether oxygens (including phenoxy) is 1. The second kappa shape index (κ2) is 11.1. The van der Waals surface area contributed by atoms with E-state index in [2.05, 4.69) is 49.4 Å². The standard InChI is InChI=1S/C26H38O4/c1-25(21-26(2)23(29-30-25)20-24(27)28-26)19-15-10-8-6-4-3-5-7-9-12-16-22-17-13-11-14-18-22/h11-14,16-18,23H,3-10,15,19-21H2,1-2H3. The highest BCUT2D eigenvalue weighted by Gasteiger charge is 2.55. The van der Waals surface area contributed by atoms with Gasteiger partial charge >= 0.3 is 5.97 Å². The SMILES string of the molecule is CC1(CCCCCCCCCCC=Cc2ccccc2)CC2(C)OC(=O)CC2OO1. The van der Waals surface area contributed by atoms with Crippen LogP contribution < -0.4 is 0 Å². The van der Waals surface area contributed by atoms with E-state index in [1.54, 1.807) is 0 Å². The topological polar surface area (TPSA) is 44.8 Å². The molecular weight excluding hydrogens is 376 g/mol. The van der Waals surface area contributed by atoms with Crippen molar-refractivity contribution >= 4 is 12.0 Å². The van der Waals surface area contributed by atoms with E-state index in [0.29, 0.717) is 6.42 Å². The van der Waals surface area contributed by atoms with Crippen molar-refractivity contribution < 1.29 is 19.3 Å². The number of esters is 1. The molecule has 3 rings (SSSR count). The third-order valence-corrected chi connectivity index (χ3v) is 6.41. The Hall–Kier alpha value is -1.65. The highest BCUT2D eigenvalue weighted by Crippen LogP contribution is 2.44. The van der Waals surface area contributed by atoms with Crippen LogP contribution in [0.1, 0.15) is 96.5 Å². The summed E-state index contributed by atoms with van der Waals surface area (Å²) in [4.78, 5) is 22.8. The van der Waals surface area contributed by atoms with Gasteiger partial charge in [-0.15, -0.1) is 0 Å². The minimum atomic E-state index is -0.527. The molecule has 2 fully saturated rings. The molecule has 2 heterocycles. The molecule has 4 heteroatoms. The molecule has 0 amide bonds. The van der Waals surface area contributed by atoms with Crippen molar-refractivity contribution in [3.8, 4) is 0 Å². The molecule has 166 valence electrons. The number of fused-ring (bicyclic) bond motifs is 1. The summed E-state index contributed by atoms with van der Waals surface area (Å²) in [6, 6.07) is 10.5. The van der Waals surface area contributed by atoms with Crippen LogP contribution in [0.3, 0.4) is 0 Å². The zero-order chi connectivity index (χ0) is 21.3. The number of unbranched alkanes of at least 4 members (excludes halogenated alkanes) is 8. The normalized spacial score (nSPS) is 28.6. The quantitative estimate of drug-likeness (QED) is 0.215. The lowest BCUT2D eigenvalue weighted by atomic mass is 9.82. The Morgan fingerprint density at radius 3 is 2.37 bits per heavy atom. The smallest absolute Gasteiger partial charge is 0.309 e. The van der Waals surface area contributed by atoms with Crippen LogP contribution in [0, 0.1) is 0 Å². The van der Waals surface area contributed by atoms with Gasteiger partial charge in [0.1, 0.15) is 17.3 Å². The second-order valence-electron chi connectivity index (χ2n) is 9.47. The Kier molecular flexibility index (Phi) is 8.52. The fraction of sp³-hybridized carbons (Fsp3) is 0.654. The molecule has 1 aromatic carbocycles. The third kappa shape index (κ3) is 6.95. The average Bonchev–Trinajstić information content (AvgIpc) is 3.02. The molecule has 2 aliphatic rings. The molecule has 0 aliphatic carbocycles. The zero-order valence-electron chi connectivity index (χ0n) is 18.7. The van der Waals surface area contributed by atoms with Crippen LogP contribution >= 0.6 is 0 Å². The van der Waals surface area contributed by atoms with Gasteiger partial charge in [-0.05, 0) is 38.7 Å². The molecule has 2 aliphatic heterocycles. The van der Waals surface area contributed by atoms with E-state index in [-0.39, 0.29) is 17.7 Å². The molecule has 2 saturated heterocycles. The number of benzene rings is 1. The second-order valence-corrected chi connectivity index (χ2v) is 9.47. The largest absolute Gasteiger partial charge is 0.456 e. The van der Waals surface area contributed by atoms with E-state index in [1.165, 1.54) is 56.9 Å². The van der Waals surface area contributed by atoms with E-state index in [4.69, 9.17) is 14.5 Å². The van der Waals surface area contributed by atoms with Gasteiger partial charge in [0.25, 0.3) is 0 Å². The molecular formula is C26H38O4.